The van der Waals surface area contributed by atoms with Crippen molar-refractivity contribution in [2.24, 2.45) is 0 Å². The lowest BCUT2D eigenvalue weighted by molar-refractivity contribution is -0.127. The van der Waals surface area contributed by atoms with E-state index >= 15 is 0 Å². The highest BCUT2D eigenvalue weighted by Crippen LogP contribution is 2.13. The Bertz CT molecular complexity index is 414. The number of benzene rings is 1. The number of carbonyl (C=O) groups excluding carboxylic acids is 2. The van der Waals surface area contributed by atoms with Crippen LogP contribution in [-0.4, -0.2) is 17.9 Å². The summed E-state index contributed by atoms with van der Waals surface area (Å²) in [6.45, 7) is 5.62. The maximum atomic E-state index is 11.6. The van der Waals surface area contributed by atoms with Crippen molar-refractivity contribution in [1.29, 1.82) is 0 Å². The van der Waals surface area contributed by atoms with Crippen molar-refractivity contribution in [3.8, 4) is 0 Å². The number of carbonyl (C=O) groups is 2. The normalized spacial score (nSPS) is 10.1. The molecule has 0 aromatic heterocycles. The number of hydrogen-bond acceptors (Lipinski definition) is 2. The molecule has 0 saturated carbocycles. The highest BCUT2D eigenvalue weighted by molar-refractivity contribution is 6.03. The van der Waals surface area contributed by atoms with Crippen LogP contribution in [0.5, 0.6) is 0 Å². The molecule has 0 radical (unpaired) electrons. The van der Waals surface area contributed by atoms with E-state index in [2.05, 4.69) is 10.6 Å². The van der Waals surface area contributed by atoms with Crippen molar-refractivity contribution in [3.63, 3.8) is 0 Å². The van der Waals surface area contributed by atoms with E-state index in [9.17, 15) is 9.59 Å². The summed E-state index contributed by atoms with van der Waals surface area (Å²) in [6, 6.07) is 7.51. The second kappa shape index (κ2) is 6.03. The Morgan fingerprint density at radius 1 is 1.18 bits per heavy atom. The molecule has 0 bridgehead atoms. The summed E-state index contributed by atoms with van der Waals surface area (Å²) < 4.78 is 0. The van der Waals surface area contributed by atoms with E-state index in [1.165, 1.54) is 0 Å². The summed E-state index contributed by atoms with van der Waals surface area (Å²) >= 11 is 0. The van der Waals surface area contributed by atoms with Crippen molar-refractivity contribution >= 4 is 17.5 Å². The van der Waals surface area contributed by atoms with Crippen LogP contribution in [0.3, 0.4) is 0 Å². The van der Waals surface area contributed by atoms with Crippen molar-refractivity contribution in [2.75, 3.05) is 5.32 Å². The van der Waals surface area contributed by atoms with Crippen LogP contribution in [0.1, 0.15) is 25.8 Å². The zero-order chi connectivity index (χ0) is 12.8. The SMILES string of the molecule is Cc1ccccc1NC(=O)CC(=O)NC(C)C. The van der Waals surface area contributed by atoms with Gasteiger partial charge in [0.05, 0.1) is 0 Å². The van der Waals surface area contributed by atoms with Gasteiger partial charge in [0.15, 0.2) is 0 Å². The average Bonchev–Trinajstić information content (AvgIpc) is 2.19. The van der Waals surface area contributed by atoms with E-state index in [0.717, 1.165) is 11.3 Å². The lowest BCUT2D eigenvalue weighted by Crippen LogP contribution is -2.33. The van der Waals surface area contributed by atoms with Crippen LogP contribution in [0.2, 0.25) is 0 Å². The molecule has 17 heavy (non-hydrogen) atoms. The number of anilines is 1. The minimum absolute atomic E-state index is 0.0498. The smallest absolute Gasteiger partial charge is 0.233 e. The lowest BCUT2D eigenvalue weighted by atomic mass is 10.2. The Labute approximate surface area is 101 Å². The first-order valence-corrected chi connectivity index (χ1v) is 5.64. The van der Waals surface area contributed by atoms with Gasteiger partial charge in [-0.25, -0.2) is 0 Å². The van der Waals surface area contributed by atoms with Crippen LogP contribution in [0, 0.1) is 6.92 Å². The minimum atomic E-state index is -0.294. The van der Waals surface area contributed by atoms with E-state index in [-0.39, 0.29) is 24.3 Å². The van der Waals surface area contributed by atoms with Crippen molar-refractivity contribution < 1.29 is 9.59 Å². The Morgan fingerprint density at radius 2 is 1.82 bits per heavy atom. The highest BCUT2D eigenvalue weighted by atomic mass is 16.2. The first-order chi connectivity index (χ1) is 7.99. The van der Waals surface area contributed by atoms with E-state index in [0.29, 0.717) is 0 Å². The predicted molar refractivity (Wildman–Crippen MR) is 67.7 cm³/mol. The maximum Gasteiger partial charge on any atom is 0.233 e. The van der Waals surface area contributed by atoms with Crippen LogP contribution < -0.4 is 10.6 Å². The summed E-state index contributed by atoms with van der Waals surface area (Å²) in [7, 11) is 0. The van der Waals surface area contributed by atoms with Crippen LogP contribution in [-0.2, 0) is 9.59 Å². The number of aryl methyl sites for hydroxylation is 1. The fourth-order valence-electron chi connectivity index (χ4n) is 1.43. The van der Waals surface area contributed by atoms with E-state index < -0.39 is 0 Å². The quantitative estimate of drug-likeness (QED) is 0.781. The van der Waals surface area contributed by atoms with Gasteiger partial charge in [-0.15, -0.1) is 0 Å². The Balaban J connectivity index is 2.51. The molecule has 0 unspecified atom stereocenters. The largest absolute Gasteiger partial charge is 0.353 e. The molecule has 0 fully saturated rings. The van der Waals surface area contributed by atoms with Crippen molar-refractivity contribution in [2.45, 2.75) is 33.2 Å². The monoisotopic (exact) mass is 234 g/mol. The Hall–Kier alpha value is -1.84. The molecule has 0 aliphatic rings. The molecule has 1 aromatic rings. The first kappa shape index (κ1) is 13.2. The topological polar surface area (TPSA) is 58.2 Å². The Morgan fingerprint density at radius 3 is 2.41 bits per heavy atom. The van der Waals surface area contributed by atoms with Crippen molar-refractivity contribution in [1.82, 2.24) is 5.32 Å². The molecule has 2 N–H and O–H groups in total. The molecular formula is C13H18N2O2. The molecule has 4 heteroatoms. The zero-order valence-electron chi connectivity index (χ0n) is 10.4. The molecule has 0 heterocycles. The first-order valence-electron chi connectivity index (χ1n) is 5.64. The van der Waals surface area contributed by atoms with Crippen LogP contribution in [0.25, 0.3) is 0 Å². The third kappa shape index (κ3) is 4.68. The standard InChI is InChI=1S/C13H18N2O2/c1-9(2)14-12(16)8-13(17)15-11-7-5-4-6-10(11)3/h4-7,9H,8H2,1-3H3,(H,14,16)(H,15,17). The van der Waals surface area contributed by atoms with Gasteiger partial charge in [0, 0.05) is 11.7 Å². The second-order valence-electron chi connectivity index (χ2n) is 4.26. The van der Waals surface area contributed by atoms with Crippen molar-refractivity contribution in [3.05, 3.63) is 29.8 Å². The molecule has 1 rings (SSSR count). The van der Waals surface area contributed by atoms with Gasteiger partial charge < -0.3 is 10.6 Å². The molecule has 0 aliphatic heterocycles. The number of para-hydroxylation sites is 1. The molecule has 0 saturated heterocycles. The number of hydrogen-bond donors (Lipinski definition) is 2. The average molecular weight is 234 g/mol. The van der Waals surface area contributed by atoms with Crippen LogP contribution in [0.15, 0.2) is 24.3 Å². The third-order valence-corrected chi connectivity index (χ3v) is 2.19. The minimum Gasteiger partial charge on any atom is -0.353 e. The summed E-state index contributed by atoms with van der Waals surface area (Å²) in [5, 5.41) is 5.39. The molecule has 1 aromatic carbocycles. The third-order valence-electron chi connectivity index (χ3n) is 2.19. The summed E-state index contributed by atoms with van der Waals surface area (Å²) in [6.07, 6.45) is -0.146. The lowest BCUT2D eigenvalue weighted by Gasteiger charge is -2.10. The molecule has 0 spiro atoms. The molecular weight excluding hydrogens is 216 g/mol. The fraction of sp³-hybridized carbons (Fsp3) is 0.385. The van der Waals surface area contributed by atoms with E-state index in [4.69, 9.17) is 0 Å². The molecule has 2 amide bonds. The fourth-order valence-corrected chi connectivity index (χ4v) is 1.43. The van der Waals surface area contributed by atoms with Crippen LogP contribution >= 0.6 is 0 Å². The number of rotatable bonds is 4. The number of amides is 2. The summed E-state index contributed by atoms with van der Waals surface area (Å²) in [5.41, 5.74) is 1.72. The van der Waals surface area contributed by atoms with Gasteiger partial charge in [-0.3, -0.25) is 9.59 Å². The van der Waals surface area contributed by atoms with Gasteiger partial charge in [-0.2, -0.15) is 0 Å². The van der Waals surface area contributed by atoms with Gasteiger partial charge in [0.2, 0.25) is 11.8 Å². The predicted octanol–water partition coefficient (Wildman–Crippen LogP) is 1.85. The van der Waals surface area contributed by atoms with Gasteiger partial charge in [-0.05, 0) is 32.4 Å². The van der Waals surface area contributed by atoms with Gasteiger partial charge in [0.25, 0.3) is 0 Å². The maximum absolute atomic E-state index is 11.6. The molecule has 0 atom stereocenters. The van der Waals surface area contributed by atoms with E-state index in [1.807, 2.05) is 45.0 Å². The molecule has 0 aliphatic carbocycles. The van der Waals surface area contributed by atoms with Crippen LogP contribution in [0.4, 0.5) is 5.69 Å². The van der Waals surface area contributed by atoms with Gasteiger partial charge in [0.1, 0.15) is 6.42 Å². The van der Waals surface area contributed by atoms with Gasteiger partial charge in [-0.1, -0.05) is 18.2 Å². The summed E-state index contributed by atoms with van der Waals surface area (Å²) in [4.78, 5) is 23.0. The second-order valence-corrected chi connectivity index (χ2v) is 4.26. The highest BCUT2D eigenvalue weighted by Gasteiger charge is 2.10. The number of nitrogens with one attached hydrogen (secondary N) is 2. The zero-order valence-corrected chi connectivity index (χ0v) is 10.4. The molecule has 92 valence electrons. The van der Waals surface area contributed by atoms with Gasteiger partial charge >= 0.3 is 0 Å². The van der Waals surface area contributed by atoms with E-state index in [1.54, 1.807) is 0 Å². The molecule has 4 nitrogen and oxygen atoms in total. The summed E-state index contributed by atoms with van der Waals surface area (Å²) in [5.74, 6) is -0.552. The Kier molecular flexibility index (Phi) is 4.69.